The zero-order valence-corrected chi connectivity index (χ0v) is 8.18. The Hall–Kier alpha value is -0.150. The van der Waals surface area contributed by atoms with Crippen molar-refractivity contribution in [2.45, 2.75) is 25.7 Å². The van der Waals surface area contributed by atoms with Crippen LogP contribution in [-0.4, -0.2) is 26.4 Å². The molecule has 0 bridgehead atoms. The van der Waals surface area contributed by atoms with Crippen LogP contribution in [0.3, 0.4) is 0 Å². The Labute approximate surface area is 79.6 Å². The summed E-state index contributed by atoms with van der Waals surface area (Å²) in [5.74, 6) is 1.18. The van der Waals surface area contributed by atoms with E-state index < -0.39 is 0 Å². The molecule has 0 aromatic carbocycles. The Morgan fingerprint density at radius 3 is 2.54 bits per heavy atom. The SMILES string of the molecule is NCC1CCCCC1COCCF. The number of halogens is 1. The predicted octanol–water partition coefficient (Wildman–Crippen LogP) is 1.74. The summed E-state index contributed by atoms with van der Waals surface area (Å²) in [6.07, 6.45) is 5.00. The molecular formula is C10H20FNO. The molecule has 13 heavy (non-hydrogen) atoms. The normalized spacial score (nSPS) is 29.1. The van der Waals surface area contributed by atoms with Crippen LogP contribution in [0.15, 0.2) is 0 Å². The third-order valence-electron chi connectivity index (χ3n) is 2.92. The summed E-state index contributed by atoms with van der Waals surface area (Å²) in [5, 5.41) is 0. The quantitative estimate of drug-likeness (QED) is 0.668. The molecule has 0 radical (unpaired) electrons. The Kier molecular flexibility index (Phi) is 5.32. The van der Waals surface area contributed by atoms with Crippen molar-refractivity contribution < 1.29 is 9.13 Å². The second-order valence-corrected chi connectivity index (χ2v) is 3.80. The van der Waals surface area contributed by atoms with Crippen molar-refractivity contribution in [1.29, 1.82) is 0 Å². The third kappa shape index (κ3) is 3.61. The van der Waals surface area contributed by atoms with Gasteiger partial charge in [0.25, 0.3) is 0 Å². The maximum Gasteiger partial charge on any atom is 0.113 e. The molecule has 78 valence electrons. The molecule has 0 amide bonds. The van der Waals surface area contributed by atoms with E-state index in [0.29, 0.717) is 18.4 Å². The lowest BCUT2D eigenvalue weighted by Gasteiger charge is -2.30. The van der Waals surface area contributed by atoms with Crippen LogP contribution in [0, 0.1) is 11.8 Å². The first-order chi connectivity index (χ1) is 6.38. The van der Waals surface area contributed by atoms with Crippen LogP contribution in [0.2, 0.25) is 0 Å². The van der Waals surface area contributed by atoms with Crippen molar-refractivity contribution in [2.24, 2.45) is 17.6 Å². The Balaban J connectivity index is 2.19. The summed E-state index contributed by atoms with van der Waals surface area (Å²) < 4.78 is 17.0. The smallest absolute Gasteiger partial charge is 0.113 e. The van der Waals surface area contributed by atoms with Gasteiger partial charge in [-0.05, 0) is 31.2 Å². The van der Waals surface area contributed by atoms with Crippen LogP contribution in [0.4, 0.5) is 4.39 Å². The van der Waals surface area contributed by atoms with E-state index in [1.165, 1.54) is 25.7 Å². The number of nitrogens with two attached hydrogens (primary N) is 1. The van der Waals surface area contributed by atoms with E-state index >= 15 is 0 Å². The molecule has 0 aliphatic heterocycles. The molecule has 0 spiro atoms. The van der Waals surface area contributed by atoms with Crippen molar-refractivity contribution in [1.82, 2.24) is 0 Å². The van der Waals surface area contributed by atoms with Crippen LogP contribution in [0.5, 0.6) is 0 Å². The molecule has 0 aromatic heterocycles. The molecule has 2 atom stereocenters. The second kappa shape index (κ2) is 6.33. The molecule has 0 saturated heterocycles. The zero-order chi connectivity index (χ0) is 9.52. The van der Waals surface area contributed by atoms with Gasteiger partial charge in [0, 0.05) is 6.61 Å². The lowest BCUT2D eigenvalue weighted by Crippen LogP contribution is -2.30. The number of ether oxygens (including phenoxy) is 1. The number of hydrogen-bond donors (Lipinski definition) is 1. The number of alkyl halides is 1. The van der Waals surface area contributed by atoms with Gasteiger partial charge >= 0.3 is 0 Å². The largest absolute Gasteiger partial charge is 0.378 e. The maximum absolute atomic E-state index is 11.8. The molecule has 1 aliphatic rings. The van der Waals surface area contributed by atoms with Crippen LogP contribution >= 0.6 is 0 Å². The summed E-state index contributed by atoms with van der Waals surface area (Å²) >= 11 is 0. The Morgan fingerprint density at radius 2 is 1.92 bits per heavy atom. The van der Waals surface area contributed by atoms with Crippen molar-refractivity contribution in [3.05, 3.63) is 0 Å². The van der Waals surface area contributed by atoms with Gasteiger partial charge in [0.05, 0.1) is 6.61 Å². The molecular weight excluding hydrogens is 169 g/mol. The molecule has 1 aliphatic carbocycles. The monoisotopic (exact) mass is 189 g/mol. The highest BCUT2D eigenvalue weighted by Crippen LogP contribution is 2.29. The summed E-state index contributed by atoms with van der Waals surface area (Å²) in [4.78, 5) is 0. The molecule has 0 heterocycles. The lowest BCUT2D eigenvalue weighted by molar-refractivity contribution is 0.0538. The van der Waals surface area contributed by atoms with E-state index in [2.05, 4.69) is 0 Å². The van der Waals surface area contributed by atoms with Crippen LogP contribution in [0.1, 0.15) is 25.7 Å². The van der Waals surface area contributed by atoms with Gasteiger partial charge in [-0.15, -0.1) is 0 Å². The minimum absolute atomic E-state index is 0.244. The number of rotatable bonds is 5. The summed E-state index contributed by atoms with van der Waals surface area (Å²) in [7, 11) is 0. The van der Waals surface area contributed by atoms with Crippen LogP contribution in [0.25, 0.3) is 0 Å². The van der Waals surface area contributed by atoms with E-state index in [9.17, 15) is 4.39 Å². The van der Waals surface area contributed by atoms with E-state index in [4.69, 9.17) is 10.5 Å². The predicted molar refractivity (Wildman–Crippen MR) is 51.3 cm³/mol. The standard InChI is InChI=1S/C10H20FNO/c11-5-6-13-8-10-4-2-1-3-9(10)7-12/h9-10H,1-8,12H2. The molecule has 2 unspecified atom stereocenters. The third-order valence-corrected chi connectivity index (χ3v) is 2.92. The van der Waals surface area contributed by atoms with Crippen molar-refractivity contribution in [2.75, 3.05) is 26.4 Å². The fourth-order valence-corrected chi connectivity index (χ4v) is 2.10. The lowest BCUT2D eigenvalue weighted by atomic mass is 9.80. The first-order valence-corrected chi connectivity index (χ1v) is 5.22. The highest BCUT2D eigenvalue weighted by atomic mass is 19.1. The van der Waals surface area contributed by atoms with Crippen LogP contribution < -0.4 is 5.73 Å². The highest BCUT2D eigenvalue weighted by molar-refractivity contribution is 4.75. The first kappa shape index (κ1) is 10.9. The van der Waals surface area contributed by atoms with Gasteiger partial charge in [-0.2, -0.15) is 0 Å². The molecule has 1 fully saturated rings. The van der Waals surface area contributed by atoms with Gasteiger partial charge in [0.2, 0.25) is 0 Å². The second-order valence-electron chi connectivity index (χ2n) is 3.80. The average molecular weight is 189 g/mol. The Bertz CT molecular complexity index is 132. The van der Waals surface area contributed by atoms with Gasteiger partial charge in [0.1, 0.15) is 6.67 Å². The summed E-state index contributed by atoms with van der Waals surface area (Å²) in [6.45, 7) is 1.32. The van der Waals surface area contributed by atoms with Crippen molar-refractivity contribution >= 4 is 0 Å². The van der Waals surface area contributed by atoms with E-state index in [-0.39, 0.29) is 13.3 Å². The van der Waals surface area contributed by atoms with E-state index in [0.717, 1.165) is 6.54 Å². The van der Waals surface area contributed by atoms with E-state index in [1.807, 2.05) is 0 Å². The van der Waals surface area contributed by atoms with Gasteiger partial charge in [-0.3, -0.25) is 0 Å². The molecule has 0 aromatic rings. The fraction of sp³-hybridized carbons (Fsp3) is 1.00. The Morgan fingerprint density at radius 1 is 1.23 bits per heavy atom. The van der Waals surface area contributed by atoms with Crippen molar-refractivity contribution in [3.63, 3.8) is 0 Å². The highest BCUT2D eigenvalue weighted by Gasteiger charge is 2.23. The van der Waals surface area contributed by atoms with Crippen molar-refractivity contribution in [3.8, 4) is 0 Å². The van der Waals surface area contributed by atoms with Gasteiger partial charge in [-0.1, -0.05) is 12.8 Å². The van der Waals surface area contributed by atoms with E-state index in [1.54, 1.807) is 0 Å². The maximum atomic E-state index is 11.8. The van der Waals surface area contributed by atoms with Gasteiger partial charge in [0.15, 0.2) is 0 Å². The number of hydrogen-bond acceptors (Lipinski definition) is 2. The first-order valence-electron chi connectivity index (χ1n) is 5.22. The molecule has 2 N–H and O–H groups in total. The van der Waals surface area contributed by atoms with Gasteiger partial charge < -0.3 is 10.5 Å². The minimum Gasteiger partial charge on any atom is -0.378 e. The molecule has 1 saturated carbocycles. The summed E-state index contributed by atoms with van der Waals surface area (Å²) in [6, 6.07) is 0. The zero-order valence-electron chi connectivity index (χ0n) is 8.18. The average Bonchev–Trinajstić information content (AvgIpc) is 2.19. The molecule has 2 nitrogen and oxygen atoms in total. The van der Waals surface area contributed by atoms with Crippen LogP contribution in [-0.2, 0) is 4.74 Å². The minimum atomic E-state index is -0.375. The topological polar surface area (TPSA) is 35.2 Å². The van der Waals surface area contributed by atoms with Gasteiger partial charge in [-0.25, -0.2) is 4.39 Å². The fourth-order valence-electron chi connectivity index (χ4n) is 2.10. The molecule has 3 heteroatoms. The summed E-state index contributed by atoms with van der Waals surface area (Å²) in [5.41, 5.74) is 5.67. The molecule has 1 rings (SSSR count).